The van der Waals surface area contributed by atoms with Gasteiger partial charge in [0.25, 0.3) is 0 Å². The number of aromatic nitrogens is 5. The molecule has 2 saturated heterocycles. The largest absolute Gasteiger partial charge is 0.325 e. The minimum Gasteiger partial charge on any atom is -0.325 e. The highest BCUT2D eigenvalue weighted by molar-refractivity contribution is 5.83. The molecule has 40 heavy (non-hydrogen) atoms. The second kappa shape index (κ2) is 10.2. The SMILES string of the molecule is CC1CCc2nc3c(F)cc(-c4nc(Nc5ccc(CN6CCC7(CCNCC7)CC6)cn5)ncc4F)cc3n21. The van der Waals surface area contributed by atoms with Gasteiger partial charge in [-0.05, 0) is 94.4 Å². The summed E-state index contributed by atoms with van der Waals surface area (Å²) in [5, 5.41) is 6.56. The molecule has 1 aromatic carbocycles. The van der Waals surface area contributed by atoms with Crippen LogP contribution in [-0.4, -0.2) is 55.6 Å². The van der Waals surface area contributed by atoms with E-state index >= 15 is 4.39 Å². The number of hydrogen-bond donors (Lipinski definition) is 2. The van der Waals surface area contributed by atoms with Crippen LogP contribution >= 0.6 is 0 Å². The summed E-state index contributed by atoms with van der Waals surface area (Å²) in [6.45, 7) is 7.51. The van der Waals surface area contributed by atoms with E-state index in [0.717, 1.165) is 63.2 Å². The van der Waals surface area contributed by atoms with Gasteiger partial charge < -0.3 is 15.2 Å². The van der Waals surface area contributed by atoms with Crippen molar-refractivity contribution in [1.82, 2.24) is 34.7 Å². The molecule has 0 bridgehead atoms. The molecular weight excluding hydrogens is 510 g/mol. The minimum absolute atomic E-state index is 0.0349. The number of fused-ring (bicyclic) bond motifs is 3. The van der Waals surface area contributed by atoms with Gasteiger partial charge in [0.05, 0.1) is 11.7 Å². The van der Waals surface area contributed by atoms with Gasteiger partial charge in [-0.3, -0.25) is 4.90 Å². The number of piperidine rings is 2. The number of pyridine rings is 1. The van der Waals surface area contributed by atoms with E-state index in [9.17, 15) is 4.39 Å². The second-order valence-electron chi connectivity index (χ2n) is 11.7. The van der Waals surface area contributed by atoms with E-state index in [1.165, 1.54) is 31.7 Å². The molecule has 208 valence electrons. The molecule has 1 unspecified atom stereocenters. The van der Waals surface area contributed by atoms with Crippen molar-refractivity contribution in [3.63, 3.8) is 0 Å². The lowest BCUT2D eigenvalue weighted by Crippen LogP contribution is -2.45. The first-order valence-corrected chi connectivity index (χ1v) is 14.3. The zero-order valence-corrected chi connectivity index (χ0v) is 22.8. The third kappa shape index (κ3) is 4.73. The summed E-state index contributed by atoms with van der Waals surface area (Å²) in [6.07, 6.45) is 9.87. The lowest BCUT2D eigenvalue weighted by molar-refractivity contribution is 0.0701. The molecule has 6 heterocycles. The lowest BCUT2D eigenvalue weighted by atomic mass is 9.71. The van der Waals surface area contributed by atoms with Crippen molar-refractivity contribution in [3.8, 4) is 11.3 Å². The predicted octanol–water partition coefficient (Wildman–Crippen LogP) is 5.38. The van der Waals surface area contributed by atoms with E-state index in [0.29, 0.717) is 27.8 Å². The van der Waals surface area contributed by atoms with Gasteiger partial charge in [-0.15, -0.1) is 0 Å². The van der Waals surface area contributed by atoms with Crippen LogP contribution in [0, 0.1) is 17.0 Å². The predicted molar refractivity (Wildman–Crippen MR) is 150 cm³/mol. The highest BCUT2D eigenvalue weighted by Gasteiger charge is 2.35. The van der Waals surface area contributed by atoms with Gasteiger partial charge in [-0.2, -0.15) is 0 Å². The fraction of sp³-hybridized carbons (Fsp3) is 0.467. The second-order valence-corrected chi connectivity index (χ2v) is 11.7. The van der Waals surface area contributed by atoms with Gasteiger partial charge in [0, 0.05) is 30.8 Å². The van der Waals surface area contributed by atoms with Crippen molar-refractivity contribution < 1.29 is 8.78 Å². The summed E-state index contributed by atoms with van der Waals surface area (Å²) < 4.78 is 31.9. The Hall–Kier alpha value is -3.50. The van der Waals surface area contributed by atoms with Crippen LogP contribution in [0.3, 0.4) is 0 Å². The Bertz CT molecular complexity index is 1530. The Balaban J connectivity index is 1.05. The number of nitrogens with zero attached hydrogens (tertiary/aromatic N) is 6. The van der Waals surface area contributed by atoms with Crippen LogP contribution in [0.15, 0.2) is 36.7 Å². The Kier molecular flexibility index (Phi) is 6.47. The smallest absolute Gasteiger partial charge is 0.229 e. The van der Waals surface area contributed by atoms with Gasteiger partial charge >= 0.3 is 0 Å². The molecule has 0 saturated carbocycles. The molecule has 4 aromatic rings. The van der Waals surface area contributed by atoms with Crippen molar-refractivity contribution in [2.75, 3.05) is 31.5 Å². The van der Waals surface area contributed by atoms with Crippen molar-refractivity contribution in [1.29, 1.82) is 0 Å². The summed E-state index contributed by atoms with van der Waals surface area (Å²) in [5.74, 6) is 0.537. The van der Waals surface area contributed by atoms with Crippen LogP contribution < -0.4 is 10.6 Å². The van der Waals surface area contributed by atoms with Crippen molar-refractivity contribution in [3.05, 3.63) is 59.7 Å². The maximum atomic E-state index is 15.0. The first kappa shape index (κ1) is 25.5. The quantitative estimate of drug-likeness (QED) is 0.349. The monoisotopic (exact) mass is 544 g/mol. The van der Waals surface area contributed by atoms with Crippen LogP contribution in [-0.2, 0) is 13.0 Å². The average Bonchev–Trinajstić information content (AvgIpc) is 3.53. The van der Waals surface area contributed by atoms with Crippen molar-refractivity contribution >= 4 is 22.8 Å². The molecule has 2 fully saturated rings. The molecule has 2 N–H and O–H groups in total. The number of rotatable bonds is 5. The minimum atomic E-state index is -0.616. The number of anilines is 2. The Morgan fingerprint density at radius 3 is 2.60 bits per heavy atom. The zero-order chi connectivity index (χ0) is 27.3. The highest BCUT2D eigenvalue weighted by Crippen LogP contribution is 2.40. The number of likely N-dealkylation sites (tertiary alicyclic amines) is 1. The molecule has 0 amide bonds. The standard InChI is InChI=1S/C30H34F2N8/c1-19-2-5-26-37-28-22(31)14-21(15-24(28)40(19)26)27-23(32)17-35-29(38-27)36-25-4-3-20(16-34-25)18-39-12-8-30(9-13-39)6-10-33-11-7-30/h3-4,14-17,19,33H,2,5-13,18H2,1H3,(H,34,35,36,38). The molecule has 1 spiro atoms. The number of imidazole rings is 1. The van der Waals surface area contributed by atoms with Crippen molar-refractivity contribution in [2.24, 2.45) is 5.41 Å². The molecule has 0 radical (unpaired) electrons. The van der Waals surface area contributed by atoms with Gasteiger partial charge in [-0.25, -0.2) is 28.7 Å². The van der Waals surface area contributed by atoms with E-state index in [4.69, 9.17) is 0 Å². The highest BCUT2D eigenvalue weighted by atomic mass is 19.1. The topological polar surface area (TPSA) is 83.8 Å². The van der Waals surface area contributed by atoms with Crippen LogP contribution in [0.1, 0.15) is 56.5 Å². The van der Waals surface area contributed by atoms with Crippen LogP contribution in [0.4, 0.5) is 20.5 Å². The first-order chi connectivity index (χ1) is 19.5. The molecule has 3 aliphatic heterocycles. The van der Waals surface area contributed by atoms with Crippen LogP contribution in [0.2, 0.25) is 0 Å². The van der Waals surface area contributed by atoms with E-state index in [2.05, 4.69) is 48.5 Å². The molecular formula is C30H34F2N8. The van der Waals surface area contributed by atoms with Gasteiger partial charge in [0.15, 0.2) is 11.6 Å². The van der Waals surface area contributed by atoms with Crippen LogP contribution in [0.5, 0.6) is 0 Å². The number of benzene rings is 1. The van der Waals surface area contributed by atoms with Crippen LogP contribution in [0.25, 0.3) is 22.3 Å². The molecule has 1 atom stereocenters. The Labute approximate surface area is 232 Å². The maximum Gasteiger partial charge on any atom is 0.229 e. The zero-order valence-electron chi connectivity index (χ0n) is 22.8. The number of halogens is 2. The van der Waals surface area contributed by atoms with Gasteiger partial charge in [-0.1, -0.05) is 6.07 Å². The molecule has 3 aliphatic rings. The average molecular weight is 545 g/mol. The lowest BCUT2D eigenvalue weighted by Gasteiger charge is -2.44. The molecule has 7 rings (SSSR count). The number of hydrogen-bond acceptors (Lipinski definition) is 7. The molecule has 8 nitrogen and oxygen atoms in total. The summed E-state index contributed by atoms with van der Waals surface area (Å²) in [6, 6.07) is 7.23. The molecule has 10 heteroatoms. The van der Waals surface area contributed by atoms with Gasteiger partial charge in [0.1, 0.15) is 22.9 Å². The van der Waals surface area contributed by atoms with E-state index in [1.807, 2.05) is 16.8 Å². The van der Waals surface area contributed by atoms with E-state index in [1.54, 1.807) is 6.07 Å². The maximum absolute atomic E-state index is 15.0. The Morgan fingerprint density at radius 1 is 1.00 bits per heavy atom. The summed E-state index contributed by atoms with van der Waals surface area (Å²) in [4.78, 5) is 20.0. The van der Waals surface area contributed by atoms with E-state index < -0.39 is 11.6 Å². The molecule has 0 aliphatic carbocycles. The van der Waals surface area contributed by atoms with Gasteiger partial charge in [0.2, 0.25) is 5.95 Å². The number of nitrogens with one attached hydrogen (secondary N) is 2. The summed E-state index contributed by atoms with van der Waals surface area (Å²) in [5.41, 5.74) is 3.06. The van der Waals surface area contributed by atoms with Crippen molar-refractivity contribution in [2.45, 2.75) is 58.0 Å². The number of aryl methyl sites for hydroxylation is 1. The Morgan fingerprint density at radius 2 is 1.82 bits per heavy atom. The molecule has 3 aromatic heterocycles. The fourth-order valence-electron chi connectivity index (χ4n) is 6.71. The fourth-order valence-corrected chi connectivity index (χ4v) is 6.71. The first-order valence-electron chi connectivity index (χ1n) is 14.3. The summed E-state index contributed by atoms with van der Waals surface area (Å²) in [7, 11) is 0. The third-order valence-electron chi connectivity index (χ3n) is 9.12. The van der Waals surface area contributed by atoms with E-state index in [-0.39, 0.29) is 17.7 Å². The summed E-state index contributed by atoms with van der Waals surface area (Å²) >= 11 is 0. The third-order valence-corrected chi connectivity index (χ3v) is 9.12. The normalized spacial score (nSPS) is 20.7.